The van der Waals surface area contributed by atoms with Crippen molar-refractivity contribution in [3.8, 4) is 5.69 Å². The number of carbonyl (C=O) groups is 1. The predicted molar refractivity (Wildman–Crippen MR) is 136 cm³/mol. The average molecular weight is 492 g/mol. The SMILES string of the molecule is Cc1ccc(-n2c(C)cc(/C=C3/C(=N)N4N=C(c5ccccc5F)SC4=NC3=O)c2C)cc1Cl. The molecule has 6 nitrogen and oxygen atoms in total. The van der Waals surface area contributed by atoms with Crippen LogP contribution in [0.3, 0.4) is 0 Å². The molecule has 170 valence electrons. The largest absolute Gasteiger partial charge is 0.318 e. The summed E-state index contributed by atoms with van der Waals surface area (Å²) >= 11 is 7.40. The van der Waals surface area contributed by atoms with E-state index in [4.69, 9.17) is 17.0 Å². The molecule has 0 radical (unpaired) electrons. The van der Waals surface area contributed by atoms with Gasteiger partial charge in [-0.25, -0.2) is 4.39 Å². The molecule has 0 atom stereocenters. The van der Waals surface area contributed by atoms with E-state index >= 15 is 0 Å². The summed E-state index contributed by atoms with van der Waals surface area (Å²) in [4.78, 5) is 16.9. The lowest BCUT2D eigenvalue weighted by molar-refractivity contribution is -0.114. The van der Waals surface area contributed by atoms with Crippen molar-refractivity contribution in [1.82, 2.24) is 9.58 Å². The Hall–Kier alpha value is -3.49. The molecule has 1 N–H and O–H groups in total. The van der Waals surface area contributed by atoms with E-state index < -0.39 is 11.7 Å². The van der Waals surface area contributed by atoms with Crippen LogP contribution in [0.1, 0.15) is 28.1 Å². The van der Waals surface area contributed by atoms with Gasteiger partial charge in [-0.2, -0.15) is 15.1 Å². The van der Waals surface area contributed by atoms with Crippen molar-refractivity contribution < 1.29 is 9.18 Å². The summed E-state index contributed by atoms with van der Waals surface area (Å²) in [5, 5.41) is 15.5. The van der Waals surface area contributed by atoms with Crippen LogP contribution >= 0.6 is 23.4 Å². The Morgan fingerprint density at radius 1 is 1.12 bits per heavy atom. The van der Waals surface area contributed by atoms with Gasteiger partial charge in [0.2, 0.25) is 5.17 Å². The van der Waals surface area contributed by atoms with Crippen molar-refractivity contribution >= 4 is 51.4 Å². The summed E-state index contributed by atoms with van der Waals surface area (Å²) in [6.07, 6.45) is 1.65. The Morgan fingerprint density at radius 2 is 1.88 bits per heavy atom. The number of thioether (sulfide) groups is 1. The van der Waals surface area contributed by atoms with E-state index in [2.05, 4.69) is 10.1 Å². The van der Waals surface area contributed by atoms with Gasteiger partial charge < -0.3 is 4.57 Å². The first-order chi connectivity index (χ1) is 16.2. The lowest BCUT2D eigenvalue weighted by Gasteiger charge is -2.20. The highest BCUT2D eigenvalue weighted by atomic mass is 35.5. The maximum Gasteiger partial charge on any atom is 0.283 e. The minimum absolute atomic E-state index is 0.1000. The van der Waals surface area contributed by atoms with Crippen LogP contribution in [0, 0.1) is 32.0 Å². The number of hydrazone groups is 1. The van der Waals surface area contributed by atoms with Crippen LogP contribution in [0.2, 0.25) is 5.02 Å². The number of benzene rings is 2. The molecule has 9 heteroatoms. The van der Waals surface area contributed by atoms with Crippen molar-refractivity contribution in [1.29, 1.82) is 5.41 Å². The average Bonchev–Trinajstić information content (AvgIpc) is 3.34. The number of amides is 1. The van der Waals surface area contributed by atoms with Crippen molar-refractivity contribution in [2.24, 2.45) is 10.1 Å². The number of halogens is 2. The number of amidine groups is 2. The van der Waals surface area contributed by atoms with Crippen LogP contribution in [0.4, 0.5) is 4.39 Å². The first-order valence-corrected chi connectivity index (χ1v) is 11.6. The number of fused-ring (bicyclic) bond motifs is 1. The van der Waals surface area contributed by atoms with Crippen LogP contribution in [0.15, 0.2) is 64.2 Å². The summed E-state index contributed by atoms with van der Waals surface area (Å²) in [5.41, 5.74) is 4.96. The second-order valence-electron chi connectivity index (χ2n) is 8.00. The number of nitrogens with one attached hydrogen (secondary N) is 1. The molecule has 1 amide bonds. The van der Waals surface area contributed by atoms with Gasteiger partial charge in [-0.3, -0.25) is 10.2 Å². The Kier molecular flexibility index (Phi) is 5.50. The fourth-order valence-corrected chi connectivity index (χ4v) is 5.04. The number of aliphatic imine (C=N–C) groups is 1. The summed E-state index contributed by atoms with van der Waals surface area (Å²) in [6, 6.07) is 14.0. The summed E-state index contributed by atoms with van der Waals surface area (Å²) in [6.45, 7) is 5.86. The van der Waals surface area contributed by atoms with Crippen molar-refractivity contribution in [3.63, 3.8) is 0 Å². The third-order valence-corrected chi connectivity index (χ3v) is 7.09. The zero-order valence-electron chi connectivity index (χ0n) is 18.6. The molecule has 0 saturated carbocycles. The van der Waals surface area contributed by atoms with Gasteiger partial charge >= 0.3 is 0 Å². The molecule has 2 aliphatic heterocycles. The lowest BCUT2D eigenvalue weighted by Crippen LogP contribution is -2.35. The molecule has 0 unspecified atom stereocenters. The second kappa shape index (κ2) is 8.38. The topological polar surface area (TPSA) is 73.8 Å². The molecule has 2 aromatic carbocycles. The number of rotatable bonds is 3. The van der Waals surface area contributed by atoms with E-state index in [-0.39, 0.29) is 16.6 Å². The van der Waals surface area contributed by atoms with Gasteiger partial charge in [0.05, 0.1) is 5.57 Å². The van der Waals surface area contributed by atoms with E-state index in [1.807, 2.05) is 49.6 Å². The normalized spacial score (nSPS) is 16.7. The molecule has 3 heterocycles. The van der Waals surface area contributed by atoms with E-state index in [0.29, 0.717) is 15.6 Å². The molecule has 0 saturated heterocycles. The smallest absolute Gasteiger partial charge is 0.283 e. The number of aromatic nitrogens is 1. The Labute approximate surface area is 205 Å². The van der Waals surface area contributed by atoms with Crippen LogP contribution in [0.5, 0.6) is 0 Å². The number of hydrogen-bond acceptors (Lipinski definition) is 4. The molecular weight excluding hydrogens is 473 g/mol. The molecule has 2 aliphatic rings. The predicted octanol–water partition coefficient (Wildman–Crippen LogP) is 5.86. The van der Waals surface area contributed by atoms with Gasteiger partial charge in [-0.05, 0) is 80.1 Å². The third kappa shape index (κ3) is 3.69. The quantitative estimate of drug-likeness (QED) is 0.466. The van der Waals surface area contributed by atoms with Crippen molar-refractivity contribution in [3.05, 3.63) is 93.0 Å². The minimum Gasteiger partial charge on any atom is -0.318 e. The first kappa shape index (κ1) is 22.3. The zero-order chi connectivity index (χ0) is 24.1. The molecule has 1 aromatic heterocycles. The Morgan fingerprint density at radius 3 is 2.62 bits per heavy atom. The lowest BCUT2D eigenvalue weighted by atomic mass is 10.1. The third-order valence-electron chi connectivity index (χ3n) is 5.74. The molecule has 0 bridgehead atoms. The van der Waals surface area contributed by atoms with Gasteiger partial charge in [-0.1, -0.05) is 29.8 Å². The van der Waals surface area contributed by atoms with E-state index in [0.717, 1.165) is 40.0 Å². The van der Waals surface area contributed by atoms with Gasteiger partial charge in [0.25, 0.3) is 5.91 Å². The van der Waals surface area contributed by atoms with Gasteiger partial charge in [0.15, 0.2) is 5.84 Å². The van der Waals surface area contributed by atoms with Crippen LogP contribution < -0.4 is 0 Å². The molecular formula is C25H19ClFN5OS. The highest BCUT2D eigenvalue weighted by Gasteiger charge is 2.36. The standard InChI is InChI=1S/C25H19ClFN5OS/c1-13-8-9-17(12-20(13)26)31-14(2)10-16(15(31)3)11-19-22(28)32-25(29-23(19)33)34-24(30-32)18-6-4-5-7-21(18)27/h4-12,28H,1-3H3/b19-11-,28-22?. The number of aryl methyl sites for hydroxylation is 2. The van der Waals surface area contributed by atoms with Crippen molar-refractivity contribution in [2.75, 3.05) is 0 Å². The van der Waals surface area contributed by atoms with E-state index in [1.54, 1.807) is 24.3 Å². The van der Waals surface area contributed by atoms with Crippen LogP contribution in [-0.2, 0) is 4.79 Å². The van der Waals surface area contributed by atoms with Crippen LogP contribution in [0.25, 0.3) is 11.8 Å². The summed E-state index contributed by atoms with van der Waals surface area (Å²) < 4.78 is 16.3. The second-order valence-corrected chi connectivity index (χ2v) is 9.36. The number of nitrogens with zero attached hydrogens (tertiary/aromatic N) is 4. The fraction of sp³-hybridized carbons (Fsp3) is 0.120. The van der Waals surface area contributed by atoms with Crippen LogP contribution in [-0.4, -0.2) is 31.5 Å². The fourth-order valence-electron chi connectivity index (χ4n) is 3.94. The molecule has 0 fully saturated rings. The summed E-state index contributed by atoms with van der Waals surface area (Å²) in [5.74, 6) is -1.06. The molecule has 0 spiro atoms. The monoisotopic (exact) mass is 491 g/mol. The summed E-state index contributed by atoms with van der Waals surface area (Å²) in [7, 11) is 0. The van der Waals surface area contributed by atoms with Gasteiger partial charge in [0, 0.05) is 27.7 Å². The van der Waals surface area contributed by atoms with Gasteiger partial charge in [-0.15, -0.1) is 0 Å². The molecule has 5 rings (SSSR count). The molecule has 0 aliphatic carbocycles. The zero-order valence-corrected chi connectivity index (χ0v) is 20.1. The van der Waals surface area contributed by atoms with E-state index in [1.165, 1.54) is 11.1 Å². The molecule has 34 heavy (non-hydrogen) atoms. The minimum atomic E-state index is -0.531. The maximum atomic E-state index is 14.2. The number of hydrogen-bond donors (Lipinski definition) is 1. The highest BCUT2D eigenvalue weighted by molar-refractivity contribution is 8.27. The maximum absolute atomic E-state index is 14.2. The highest BCUT2D eigenvalue weighted by Crippen LogP contribution is 2.32. The van der Waals surface area contributed by atoms with Crippen molar-refractivity contribution in [2.45, 2.75) is 20.8 Å². The van der Waals surface area contributed by atoms with E-state index in [9.17, 15) is 9.18 Å². The number of carbonyl (C=O) groups excluding carboxylic acids is 1. The van der Waals surface area contributed by atoms with Gasteiger partial charge in [0.1, 0.15) is 10.9 Å². The first-order valence-electron chi connectivity index (χ1n) is 10.4. The Balaban J connectivity index is 1.52. The molecule has 3 aromatic rings. The Bertz CT molecular complexity index is 1490.